The van der Waals surface area contributed by atoms with Gasteiger partial charge < -0.3 is 9.47 Å². The predicted octanol–water partition coefficient (Wildman–Crippen LogP) is 3.66. The number of unbranched alkanes of at least 4 members (excludes halogenated alkanes) is 4. The third-order valence-corrected chi connectivity index (χ3v) is 2.56. The minimum Gasteiger partial charge on any atom is -0.463 e. The van der Waals surface area contributed by atoms with Crippen molar-refractivity contribution in [3.05, 3.63) is 5.28 Å². The third kappa shape index (κ3) is 7.15. The monoisotopic (exact) mass is 287 g/mol. The van der Waals surface area contributed by atoms with E-state index in [1.165, 1.54) is 19.3 Å². The molecule has 0 saturated heterocycles. The van der Waals surface area contributed by atoms with Crippen LogP contribution in [-0.2, 0) is 0 Å². The van der Waals surface area contributed by atoms with Crippen molar-refractivity contribution in [2.75, 3.05) is 6.61 Å². The molecular weight excluding hydrogens is 266 g/mol. The molecule has 0 saturated carbocycles. The van der Waals surface area contributed by atoms with Crippen LogP contribution in [-0.4, -0.2) is 27.7 Å². The van der Waals surface area contributed by atoms with Crippen molar-refractivity contribution in [3.63, 3.8) is 0 Å². The van der Waals surface area contributed by atoms with Gasteiger partial charge in [-0.3, -0.25) is 0 Å². The number of halogens is 1. The molecule has 6 heteroatoms. The molecule has 5 nitrogen and oxygen atoms in total. The molecule has 0 spiro atoms. The average Bonchev–Trinajstić information content (AvgIpc) is 2.32. The maximum absolute atomic E-state index is 5.79. The van der Waals surface area contributed by atoms with Gasteiger partial charge in [0.1, 0.15) is 0 Å². The fourth-order valence-corrected chi connectivity index (χ4v) is 1.66. The Hall–Kier alpha value is -1.10. The molecule has 1 rings (SSSR count). The minimum absolute atomic E-state index is 0.0136. The van der Waals surface area contributed by atoms with E-state index in [4.69, 9.17) is 21.1 Å². The highest BCUT2D eigenvalue weighted by molar-refractivity contribution is 6.28. The molecular formula is C13H22ClN3O2. The third-order valence-electron chi connectivity index (χ3n) is 2.39. The van der Waals surface area contributed by atoms with Crippen molar-refractivity contribution in [1.82, 2.24) is 15.0 Å². The number of aromatic nitrogens is 3. The summed E-state index contributed by atoms with van der Waals surface area (Å²) in [7, 11) is 0. The number of ether oxygens (including phenoxy) is 2. The lowest BCUT2D eigenvalue weighted by atomic mass is 10.2. The topological polar surface area (TPSA) is 57.1 Å². The quantitative estimate of drug-likeness (QED) is 0.649. The van der Waals surface area contributed by atoms with Crippen molar-refractivity contribution in [1.29, 1.82) is 0 Å². The normalized spacial score (nSPS) is 10.8. The first-order valence-corrected chi connectivity index (χ1v) is 7.20. The Kier molecular flexibility index (Phi) is 7.48. The van der Waals surface area contributed by atoms with Crippen LogP contribution in [0.5, 0.6) is 12.0 Å². The molecule has 0 amide bonds. The van der Waals surface area contributed by atoms with E-state index in [0.717, 1.165) is 12.8 Å². The van der Waals surface area contributed by atoms with Gasteiger partial charge in [0.2, 0.25) is 5.28 Å². The summed E-state index contributed by atoms with van der Waals surface area (Å²) in [6.45, 7) is 6.57. The van der Waals surface area contributed by atoms with E-state index >= 15 is 0 Å². The van der Waals surface area contributed by atoms with Crippen LogP contribution in [0.1, 0.15) is 52.9 Å². The molecule has 1 aromatic rings. The van der Waals surface area contributed by atoms with Gasteiger partial charge in [-0.2, -0.15) is 9.97 Å². The summed E-state index contributed by atoms with van der Waals surface area (Å²) in [6, 6.07) is 0.433. The Morgan fingerprint density at radius 2 is 1.68 bits per heavy atom. The van der Waals surface area contributed by atoms with Gasteiger partial charge in [-0.1, -0.05) is 32.6 Å². The van der Waals surface area contributed by atoms with Gasteiger partial charge in [0, 0.05) is 0 Å². The van der Waals surface area contributed by atoms with Crippen LogP contribution in [0.4, 0.5) is 0 Å². The summed E-state index contributed by atoms with van der Waals surface area (Å²) >= 11 is 5.79. The van der Waals surface area contributed by atoms with Gasteiger partial charge >= 0.3 is 12.0 Å². The predicted molar refractivity (Wildman–Crippen MR) is 74.9 cm³/mol. The fourth-order valence-electron chi connectivity index (χ4n) is 1.51. The lowest BCUT2D eigenvalue weighted by Gasteiger charge is -2.09. The Morgan fingerprint density at radius 1 is 1.00 bits per heavy atom. The highest BCUT2D eigenvalue weighted by Crippen LogP contribution is 2.14. The summed E-state index contributed by atoms with van der Waals surface area (Å²) in [5, 5.41) is 0.0895. The molecule has 0 atom stereocenters. The summed E-state index contributed by atoms with van der Waals surface area (Å²) in [6.07, 6.45) is 5.87. The standard InChI is InChI=1S/C13H22ClN3O2/c1-4-5-6-7-8-9-18-12-15-11(14)16-13(17-12)19-10(2)3/h10H,4-9H2,1-3H3. The summed E-state index contributed by atoms with van der Waals surface area (Å²) in [5.74, 6) is 0. The Bertz CT molecular complexity index is 375. The molecule has 0 fully saturated rings. The van der Waals surface area contributed by atoms with Crippen LogP contribution < -0.4 is 9.47 Å². The van der Waals surface area contributed by atoms with Crippen LogP contribution in [0.25, 0.3) is 0 Å². The maximum Gasteiger partial charge on any atom is 0.324 e. The molecule has 0 N–H and O–H groups in total. The van der Waals surface area contributed by atoms with Crippen molar-refractivity contribution in [3.8, 4) is 12.0 Å². The van der Waals surface area contributed by atoms with Crippen LogP contribution in [0.3, 0.4) is 0 Å². The molecule has 0 aliphatic heterocycles. The van der Waals surface area contributed by atoms with E-state index in [9.17, 15) is 0 Å². The van der Waals surface area contributed by atoms with E-state index in [1.54, 1.807) is 0 Å². The van der Waals surface area contributed by atoms with Crippen molar-refractivity contribution < 1.29 is 9.47 Å². The molecule has 0 aliphatic carbocycles. The second kappa shape index (κ2) is 8.91. The van der Waals surface area contributed by atoms with Crippen molar-refractivity contribution in [2.45, 2.75) is 59.0 Å². The first-order valence-electron chi connectivity index (χ1n) is 6.83. The lowest BCUT2D eigenvalue weighted by Crippen LogP contribution is -2.10. The zero-order valence-corrected chi connectivity index (χ0v) is 12.6. The SMILES string of the molecule is CCCCCCCOc1nc(Cl)nc(OC(C)C)n1. The van der Waals surface area contributed by atoms with Gasteiger partial charge in [0.25, 0.3) is 0 Å². The van der Waals surface area contributed by atoms with E-state index < -0.39 is 0 Å². The first-order chi connectivity index (χ1) is 9.11. The highest BCUT2D eigenvalue weighted by Gasteiger charge is 2.08. The second-order valence-electron chi connectivity index (χ2n) is 4.60. The van der Waals surface area contributed by atoms with Crippen LogP contribution in [0.2, 0.25) is 5.28 Å². The summed E-state index contributed by atoms with van der Waals surface area (Å²) < 4.78 is 10.8. The van der Waals surface area contributed by atoms with Crippen LogP contribution in [0, 0.1) is 0 Å². The van der Waals surface area contributed by atoms with E-state index in [0.29, 0.717) is 6.61 Å². The number of hydrogen-bond donors (Lipinski definition) is 0. The first kappa shape index (κ1) is 16.0. The summed E-state index contributed by atoms with van der Waals surface area (Å²) in [5.41, 5.74) is 0. The molecule has 0 unspecified atom stereocenters. The molecule has 19 heavy (non-hydrogen) atoms. The molecule has 0 aliphatic rings. The van der Waals surface area contributed by atoms with Gasteiger partial charge in [-0.05, 0) is 31.9 Å². The largest absolute Gasteiger partial charge is 0.463 e. The fraction of sp³-hybridized carbons (Fsp3) is 0.769. The number of hydrogen-bond acceptors (Lipinski definition) is 5. The Balaban J connectivity index is 2.38. The van der Waals surface area contributed by atoms with Gasteiger partial charge in [-0.25, -0.2) is 0 Å². The van der Waals surface area contributed by atoms with E-state index in [-0.39, 0.29) is 23.4 Å². The second-order valence-corrected chi connectivity index (χ2v) is 4.94. The zero-order chi connectivity index (χ0) is 14.1. The smallest absolute Gasteiger partial charge is 0.324 e. The molecule has 0 radical (unpaired) electrons. The molecule has 1 heterocycles. The Morgan fingerprint density at radius 3 is 2.37 bits per heavy atom. The molecule has 0 aromatic carbocycles. The van der Waals surface area contributed by atoms with Crippen LogP contribution in [0.15, 0.2) is 0 Å². The maximum atomic E-state index is 5.79. The summed E-state index contributed by atoms with van der Waals surface area (Å²) in [4.78, 5) is 11.9. The average molecular weight is 288 g/mol. The van der Waals surface area contributed by atoms with Crippen molar-refractivity contribution in [2.24, 2.45) is 0 Å². The van der Waals surface area contributed by atoms with Gasteiger partial charge in [-0.15, -0.1) is 4.98 Å². The van der Waals surface area contributed by atoms with Crippen molar-refractivity contribution >= 4 is 11.6 Å². The molecule has 0 bridgehead atoms. The van der Waals surface area contributed by atoms with E-state index in [1.807, 2.05) is 13.8 Å². The van der Waals surface area contributed by atoms with E-state index in [2.05, 4.69) is 21.9 Å². The molecule has 108 valence electrons. The minimum atomic E-state index is -0.0136. The van der Waals surface area contributed by atoms with Gasteiger partial charge in [0.15, 0.2) is 0 Å². The number of rotatable bonds is 9. The molecule has 1 aromatic heterocycles. The zero-order valence-electron chi connectivity index (χ0n) is 11.9. The number of nitrogens with zero attached hydrogens (tertiary/aromatic N) is 3. The lowest BCUT2D eigenvalue weighted by molar-refractivity contribution is 0.212. The van der Waals surface area contributed by atoms with Gasteiger partial charge in [0.05, 0.1) is 12.7 Å². The highest BCUT2D eigenvalue weighted by atomic mass is 35.5. The van der Waals surface area contributed by atoms with Crippen LogP contribution >= 0.6 is 11.6 Å². The Labute approximate surface area is 119 Å².